The molecule has 80 valence electrons. The van der Waals surface area contributed by atoms with Gasteiger partial charge in [0.25, 0.3) is 0 Å². The molecule has 0 aliphatic heterocycles. The molecule has 0 fully saturated rings. The zero-order chi connectivity index (χ0) is 11.4. The molecule has 3 N–H and O–H groups in total. The first-order valence-electron chi connectivity index (χ1n) is 4.58. The maximum atomic E-state index is 9.72. The number of aliphatic hydroxyl groups excluding tert-OH is 3. The molecule has 15 heavy (non-hydrogen) atoms. The topological polar surface area (TPSA) is 84.5 Å². The Bertz CT molecular complexity index is 384. The molecule has 1 aromatic rings. The van der Waals surface area contributed by atoms with E-state index in [4.69, 9.17) is 10.4 Å². The summed E-state index contributed by atoms with van der Waals surface area (Å²) in [6, 6.07) is 6.95. The molecular formula is C11H13NO3. The second kappa shape index (κ2) is 4.89. The van der Waals surface area contributed by atoms with Gasteiger partial charge < -0.3 is 15.3 Å². The number of hydrogen-bond donors (Lipinski definition) is 3. The van der Waals surface area contributed by atoms with Crippen molar-refractivity contribution in [3.63, 3.8) is 0 Å². The fourth-order valence-electron chi connectivity index (χ4n) is 1.46. The van der Waals surface area contributed by atoms with Crippen LogP contribution in [0.25, 0.3) is 0 Å². The highest BCUT2D eigenvalue weighted by molar-refractivity contribution is 5.44. The lowest BCUT2D eigenvalue weighted by Crippen LogP contribution is -2.23. The predicted molar refractivity (Wildman–Crippen MR) is 53.9 cm³/mol. The van der Waals surface area contributed by atoms with Crippen molar-refractivity contribution in [3.05, 3.63) is 34.9 Å². The van der Waals surface area contributed by atoms with Crippen molar-refractivity contribution < 1.29 is 15.3 Å². The number of rotatable bonds is 3. The van der Waals surface area contributed by atoms with Gasteiger partial charge in [0, 0.05) is 5.56 Å². The van der Waals surface area contributed by atoms with Crippen molar-refractivity contribution in [2.45, 2.75) is 19.1 Å². The zero-order valence-electron chi connectivity index (χ0n) is 8.38. The van der Waals surface area contributed by atoms with Crippen molar-refractivity contribution in [2.24, 2.45) is 0 Å². The van der Waals surface area contributed by atoms with Gasteiger partial charge >= 0.3 is 0 Å². The van der Waals surface area contributed by atoms with Crippen LogP contribution in [0.15, 0.2) is 18.2 Å². The molecule has 0 heterocycles. The highest BCUT2D eigenvalue weighted by Crippen LogP contribution is 2.24. The molecule has 0 amide bonds. The van der Waals surface area contributed by atoms with Gasteiger partial charge in [0.05, 0.1) is 18.2 Å². The van der Waals surface area contributed by atoms with E-state index in [0.29, 0.717) is 16.7 Å². The molecule has 0 bridgehead atoms. The number of hydrogen-bond acceptors (Lipinski definition) is 4. The molecule has 0 saturated carbocycles. The lowest BCUT2D eigenvalue weighted by molar-refractivity contribution is -0.0156. The van der Waals surface area contributed by atoms with Crippen LogP contribution >= 0.6 is 0 Å². The Hall–Kier alpha value is -1.41. The lowest BCUT2D eigenvalue weighted by atomic mass is 9.95. The van der Waals surface area contributed by atoms with Crippen LogP contribution in [0.3, 0.4) is 0 Å². The molecule has 4 nitrogen and oxygen atoms in total. The van der Waals surface area contributed by atoms with Crippen molar-refractivity contribution in [1.82, 2.24) is 0 Å². The Morgan fingerprint density at radius 3 is 2.60 bits per heavy atom. The SMILES string of the molecule is Cc1cccc(C#N)c1C(O)C(O)CO. The van der Waals surface area contributed by atoms with E-state index < -0.39 is 18.8 Å². The van der Waals surface area contributed by atoms with Crippen LogP contribution in [-0.2, 0) is 0 Å². The molecule has 0 radical (unpaired) electrons. The molecule has 0 aliphatic carbocycles. The summed E-state index contributed by atoms with van der Waals surface area (Å²) in [4.78, 5) is 0. The van der Waals surface area contributed by atoms with Crippen LogP contribution in [0.1, 0.15) is 22.8 Å². The smallest absolute Gasteiger partial charge is 0.109 e. The number of nitrogens with zero attached hydrogens (tertiary/aromatic N) is 1. The number of benzene rings is 1. The molecule has 0 saturated heterocycles. The van der Waals surface area contributed by atoms with Gasteiger partial charge in [-0.15, -0.1) is 0 Å². The Balaban J connectivity index is 3.18. The van der Waals surface area contributed by atoms with Gasteiger partial charge in [0.2, 0.25) is 0 Å². The summed E-state index contributed by atoms with van der Waals surface area (Å²) in [5, 5.41) is 36.6. The summed E-state index contributed by atoms with van der Waals surface area (Å²) >= 11 is 0. The summed E-state index contributed by atoms with van der Waals surface area (Å²) in [6.07, 6.45) is -2.50. The van der Waals surface area contributed by atoms with Gasteiger partial charge in [0.15, 0.2) is 0 Å². The minimum atomic E-state index is -1.27. The fraction of sp³-hybridized carbons (Fsp3) is 0.364. The van der Waals surface area contributed by atoms with E-state index in [1.807, 2.05) is 6.07 Å². The van der Waals surface area contributed by atoms with Gasteiger partial charge in [-0.05, 0) is 18.6 Å². The molecular weight excluding hydrogens is 194 g/mol. The van der Waals surface area contributed by atoms with Crippen LogP contribution in [-0.4, -0.2) is 28.0 Å². The van der Waals surface area contributed by atoms with Gasteiger partial charge in [-0.25, -0.2) is 0 Å². The second-order valence-electron chi connectivity index (χ2n) is 3.34. The lowest BCUT2D eigenvalue weighted by Gasteiger charge is -2.19. The first-order chi connectivity index (χ1) is 7.11. The Labute approximate surface area is 88.0 Å². The maximum absolute atomic E-state index is 9.72. The third kappa shape index (κ3) is 2.34. The summed E-state index contributed by atoms with van der Waals surface area (Å²) in [6.45, 7) is 1.20. The van der Waals surface area contributed by atoms with E-state index in [1.54, 1.807) is 25.1 Å². The van der Waals surface area contributed by atoms with Crippen LogP contribution in [0.5, 0.6) is 0 Å². The fourth-order valence-corrected chi connectivity index (χ4v) is 1.46. The van der Waals surface area contributed by atoms with E-state index in [9.17, 15) is 10.2 Å². The van der Waals surface area contributed by atoms with E-state index >= 15 is 0 Å². The van der Waals surface area contributed by atoms with E-state index in [-0.39, 0.29) is 0 Å². The minimum Gasteiger partial charge on any atom is -0.394 e. The first-order valence-corrected chi connectivity index (χ1v) is 4.58. The zero-order valence-corrected chi connectivity index (χ0v) is 8.38. The Morgan fingerprint density at radius 2 is 2.07 bits per heavy atom. The largest absolute Gasteiger partial charge is 0.394 e. The average Bonchev–Trinajstić information content (AvgIpc) is 2.26. The van der Waals surface area contributed by atoms with Gasteiger partial charge in [-0.1, -0.05) is 12.1 Å². The number of nitriles is 1. The summed E-state index contributed by atoms with van der Waals surface area (Å²) < 4.78 is 0. The summed E-state index contributed by atoms with van der Waals surface area (Å²) in [5.74, 6) is 0. The van der Waals surface area contributed by atoms with Gasteiger partial charge in [0.1, 0.15) is 12.2 Å². The first kappa shape index (κ1) is 11.7. The second-order valence-corrected chi connectivity index (χ2v) is 3.34. The van der Waals surface area contributed by atoms with Crippen molar-refractivity contribution in [3.8, 4) is 6.07 Å². The summed E-state index contributed by atoms with van der Waals surface area (Å²) in [7, 11) is 0. The monoisotopic (exact) mass is 207 g/mol. The highest BCUT2D eigenvalue weighted by atomic mass is 16.4. The minimum absolute atomic E-state index is 0.315. The molecule has 1 rings (SSSR count). The maximum Gasteiger partial charge on any atom is 0.109 e. The number of aryl methyl sites for hydroxylation is 1. The summed E-state index contributed by atoms with van der Waals surface area (Å²) in [5.41, 5.74) is 1.41. The predicted octanol–water partition coefficient (Wildman–Crippen LogP) is 0.253. The van der Waals surface area contributed by atoms with Gasteiger partial charge in [-0.3, -0.25) is 0 Å². The quantitative estimate of drug-likeness (QED) is 0.663. The standard InChI is InChI=1S/C11H13NO3/c1-7-3-2-4-8(5-12)10(7)11(15)9(14)6-13/h2-4,9,11,13-15H,6H2,1H3. The molecule has 2 unspecified atom stereocenters. The third-order valence-electron chi connectivity index (χ3n) is 2.29. The molecule has 0 aliphatic rings. The van der Waals surface area contributed by atoms with Crippen LogP contribution in [0.2, 0.25) is 0 Å². The average molecular weight is 207 g/mol. The Morgan fingerprint density at radius 1 is 1.40 bits per heavy atom. The molecule has 4 heteroatoms. The van der Waals surface area contributed by atoms with Crippen molar-refractivity contribution >= 4 is 0 Å². The molecule has 0 aromatic heterocycles. The molecule has 1 aromatic carbocycles. The third-order valence-corrected chi connectivity index (χ3v) is 2.29. The van der Waals surface area contributed by atoms with Crippen LogP contribution < -0.4 is 0 Å². The van der Waals surface area contributed by atoms with Crippen LogP contribution in [0.4, 0.5) is 0 Å². The van der Waals surface area contributed by atoms with E-state index in [1.165, 1.54) is 0 Å². The normalized spacial score (nSPS) is 14.3. The highest BCUT2D eigenvalue weighted by Gasteiger charge is 2.21. The van der Waals surface area contributed by atoms with Crippen molar-refractivity contribution in [2.75, 3.05) is 6.61 Å². The molecule has 2 atom stereocenters. The number of aliphatic hydroxyl groups is 3. The van der Waals surface area contributed by atoms with Crippen molar-refractivity contribution in [1.29, 1.82) is 5.26 Å². The van der Waals surface area contributed by atoms with E-state index in [2.05, 4.69) is 0 Å². The van der Waals surface area contributed by atoms with Gasteiger partial charge in [-0.2, -0.15) is 5.26 Å². The van der Waals surface area contributed by atoms with Crippen LogP contribution in [0, 0.1) is 18.3 Å². The van der Waals surface area contributed by atoms with E-state index in [0.717, 1.165) is 0 Å². The molecule has 0 spiro atoms. The Kier molecular flexibility index (Phi) is 3.81.